The summed E-state index contributed by atoms with van der Waals surface area (Å²) in [7, 11) is 0. The number of aliphatic hydroxyl groups is 4. The molecule has 0 unspecified atom stereocenters. The highest BCUT2D eigenvalue weighted by molar-refractivity contribution is 5.76. The zero-order valence-electron chi connectivity index (χ0n) is 47.7. The van der Waals surface area contributed by atoms with Crippen LogP contribution in [0, 0.1) is 0 Å². The number of aromatic nitrogens is 4. The SMILES string of the molecule is CCOC(=O)CNC(COCCC(=O)NCCOCCOCCOCCOC[C@H]1OC[C@H](Nc2cncc(C(F)(F)F)n2)[C@@H](O)[C@H]1O)COCCC(=O)NCCOCCOCCOCCOC[C@H]1OC[C@H](Nc2cncc(C(F)(F)F)n2)[C@@H](O)[C@H]1O. The summed E-state index contributed by atoms with van der Waals surface area (Å²) in [6.45, 7) is 5.68. The van der Waals surface area contributed by atoms with Crippen molar-refractivity contribution >= 4 is 29.4 Å². The zero-order chi connectivity index (χ0) is 62.4. The molecule has 0 spiro atoms. The van der Waals surface area contributed by atoms with Crippen LogP contribution in [0.5, 0.6) is 0 Å². The summed E-state index contributed by atoms with van der Waals surface area (Å²) < 4.78 is 149. The van der Waals surface area contributed by atoms with Crippen LogP contribution in [0.1, 0.15) is 31.2 Å². The number of carbonyl (C=O) groups excluding carboxylic acids is 3. The molecular formula is C51H81F6N9O20. The maximum Gasteiger partial charge on any atom is 0.434 e. The fraction of sp³-hybridized carbons (Fsp3) is 0.784. The molecule has 2 aliphatic rings. The molecule has 2 amide bonds. The molecule has 4 rings (SSSR count). The molecule has 492 valence electrons. The van der Waals surface area contributed by atoms with E-state index in [4.69, 9.17) is 61.6 Å². The lowest BCUT2D eigenvalue weighted by Gasteiger charge is -2.38. The third kappa shape index (κ3) is 30.8. The second-order valence-corrected chi connectivity index (χ2v) is 18.8. The molecule has 2 fully saturated rings. The minimum atomic E-state index is -4.70. The van der Waals surface area contributed by atoms with Gasteiger partial charge >= 0.3 is 18.3 Å². The number of nitrogens with zero attached hydrogens (tertiary/aromatic N) is 4. The van der Waals surface area contributed by atoms with E-state index in [-0.39, 0.29) is 208 Å². The fourth-order valence-electron chi connectivity index (χ4n) is 7.64. The monoisotopic (exact) mass is 1250 g/mol. The molecule has 0 aromatic carbocycles. The highest BCUT2D eigenvalue weighted by Crippen LogP contribution is 2.29. The van der Waals surface area contributed by atoms with Crippen LogP contribution in [0.25, 0.3) is 0 Å². The number of hydrogen-bond donors (Lipinski definition) is 9. The average Bonchev–Trinajstić information content (AvgIpc) is 2.46. The maximum atomic E-state index is 12.9. The van der Waals surface area contributed by atoms with Gasteiger partial charge in [-0.15, -0.1) is 0 Å². The molecule has 35 heteroatoms. The first-order chi connectivity index (χ1) is 41.3. The molecule has 2 saturated heterocycles. The molecule has 0 bridgehead atoms. The van der Waals surface area contributed by atoms with Crippen LogP contribution in [0.3, 0.4) is 0 Å². The standard InChI is InChI=1S/C51H81F6N9O20/c1-2-84-45(69)27-62-34(28-80-7-3-43(67)60-5-9-74-11-13-76-15-17-78-19-21-82-32-37-48(72)46(70)35(30-85-37)63-41-25-58-23-39(65-41)50(52,53)54)29-81-8-4-44(68)61-6-10-75-12-14-77-16-18-79-20-22-83-33-38-49(73)47(71)36(31-86-38)64-42-26-59-24-40(66-42)51(55,56)57/h23-26,34-38,46-49,62,70-73H,2-22,27-33H2,1H3,(H,60,67)(H,61,68)(H,63,65)(H,64,66)/t35-,36-,37+,38+,46+,47+,48-,49-/m0/s1. The van der Waals surface area contributed by atoms with Crippen LogP contribution in [0.4, 0.5) is 38.0 Å². The molecule has 9 N–H and O–H groups in total. The molecule has 0 radical (unpaired) electrons. The van der Waals surface area contributed by atoms with Crippen molar-refractivity contribution in [3.63, 3.8) is 0 Å². The summed E-state index contributed by atoms with van der Waals surface area (Å²) in [6, 6.07) is -2.33. The molecule has 0 aliphatic carbocycles. The molecule has 4 heterocycles. The number of aliphatic hydroxyl groups excluding tert-OH is 4. The second kappa shape index (κ2) is 42.1. The van der Waals surface area contributed by atoms with Crippen molar-refractivity contribution in [3.8, 4) is 0 Å². The lowest BCUT2D eigenvalue weighted by molar-refractivity contribution is -0.161. The van der Waals surface area contributed by atoms with Gasteiger partial charge in [0.2, 0.25) is 11.8 Å². The Morgan fingerprint density at radius 1 is 0.535 bits per heavy atom. The minimum Gasteiger partial charge on any atom is -0.465 e. The molecular weight excluding hydrogens is 1170 g/mol. The number of ether oxygens (including phenoxy) is 13. The summed E-state index contributed by atoms with van der Waals surface area (Å²) >= 11 is 0. The Morgan fingerprint density at radius 2 is 0.907 bits per heavy atom. The topological polar surface area (TPSA) is 364 Å². The van der Waals surface area contributed by atoms with Crippen LogP contribution in [-0.4, -0.2) is 284 Å². The van der Waals surface area contributed by atoms with Gasteiger partial charge < -0.3 is 103 Å². The van der Waals surface area contributed by atoms with Gasteiger partial charge in [0.15, 0.2) is 11.4 Å². The number of alkyl halides is 6. The van der Waals surface area contributed by atoms with Gasteiger partial charge in [-0.25, -0.2) is 9.97 Å². The molecule has 86 heavy (non-hydrogen) atoms. The smallest absolute Gasteiger partial charge is 0.434 e. The van der Waals surface area contributed by atoms with Crippen LogP contribution in [0.15, 0.2) is 24.8 Å². The van der Waals surface area contributed by atoms with Crippen molar-refractivity contribution in [1.29, 1.82) is 0 Å². The minimum absolute atomic E-state index is 0.0658. The average molecular weight is 1250 g/mol. The third-order valence-corrected chi connectivity index (χ3v) is 12.1. The third-order valence-electron chi connectivity index (χ3n) is 12.1. The van der Waals surface area contributed by atoms with E-state index in [1.165, 1.54) is 0 Å². The fourth-order valence-corrected chi connectivity index (χ4v) is 7.64. The van der Waals surface area contributed by atoms with Crippen LogP contribution >= 0.6 is 0 Å². The Hall–Kier alpha value is -4.93. The lowest BCUT2D eigenvalue weighted by atomic mass is 9.98. The van der Waals surface area contributed by atoms with Crippen molar-refractivity contribution < 1.29 is 123 Å². The predicted molar refractivity (Wildman–Crippen MR) is 284 cm³/mol. The number of rotatable bonds is 46. The highest BCUT2D eigenvalue weighted by Gasteiger charge is 2.41. The van der Waals surface area contributed by atoms with E-state index in [0.717, 1.165) is 12.4 Å². The number of nitrogens with one attached hydrogen (secondary N) is 5. The van der Waals surface area contributed by atoms with Crippen LogP contribution < -0.4 is 26.6 Å². The van der Waals surface area contributed by atoms with Gasteiger partial charge in [0, 0.05) is 25.9 Å². The van der Waals surface area contributed by atoms with E-state index in [9.17, 15) is 61.2 Å². The quantitative estimate of drug-likeness (QED) is 0.0207. The summed E-state index contributed by atoms with van der Waals surface area (Å²) in [5.74, 6) is -1.45. The number of hydrogen-bond acceptors (Lipinski definition) is 27. The Bertz CT molecular complexity index is 2040. The second-order valence-electron chi connectivity index (χ2n) is 18.8. The number of esters is 1. The van der Waals surface area contributed by atoms with Crippen molar-refractivity contribution in [2.24, 2.45) is 0 Å². The molecule has 2 aromatic rings. The van der Waals surface area contributed by atoms with E-state index in [2.05, 4.69) is 46.5 Å². The zero-order valence-corrected chi connectivity index (χ0v) is 47.7. The Morgan fingerprint density at radius 3 is 1.28 bits per heavy atom. The van der Waals surface area contributed by atoms with E-state index in [1.54, 1.807) is 6.92 Å². The largest absolute Gasteiger partial charge is 0.465 e. The number of carbonyl (C=O) groups is 3. The van der Waals surface area contributed by atoms with Crippen LogP contribution in [-0.2, 0) is 88.3 Å². The predicted octanol–water partition coefficient (Wildman–Crippen LogP) is -1.49. The first kappa shape index (κ1) is 73.5. The Kier molecular flexibility index (Phi) is 36.0. The van der Waals surface area contributed by atoms with Crippen molar-refractivity contribution in [3.05, 3.63) is 36.2 Å². The Labute approximate surface area is 492 Å². The normalized spacial score (nSPS) is 20.9. The summed E-state index contributed by atoms with van der Waals surface area (Å²) in [5, 5.41) is 55.6. The van der Waals surface area contributed by atoms with E-state index >= 15 is 0 Å². The van der Waals surface area contributed by atoms with E-state index in [1.807, 2.05) is 0 Å². The van der Waals surface area contributed by atoms with Gasteiger partial charge in [-0.3, -0.25) is 29.7 Å². The molecule has 0 saturated carbocycles. The van der Waals surface area contributed by atoms with Gasteiger partial charge in [0.1, 0.15) is 48.3 Å². The van der Waals surface area contributed by atoms with Gasteiger partial charge in [0.25, 0.3) is 0 Å². The van der Waals surface area contributed by atoms with Crippen LogP contribution in [0.2, 0.25) is 0 Å². The van der Waals surface area contributed by atoms with Gasteiger partial charge in [0.05, 0.1) is 201 Å². The first-order valence-corrected chi connectivity index (χ1v) is 27.8. The van der Waals surface area contributed by atoms with Gasteiger partial charge in [-0.05, 0) is 6.92 Å². The number of anilines is 2. The van der Waals surface area contributed by atoms with E-state index < -0.39 is 84.5 Å². The summed E-state index contributed by atoms with van der Waals surface area (Å²) in [6.07, 6.45) is -13.3. The first-order valence-electron chi connectivity index (χ1n) is 27.8. The van der Waals surface area contributed by atoms with Gasteiger partial charge in [-0.2, -0.15) is 26.3 Å². The maximum absolute atomic E-state index is 12.9. The highest BCUT2D eigenvalue weighted by atomic mass is 19.4. The summed E-state index contributed by atoms with van der Waals surface area (Å²) in [5.41, 5.74) is -2.41. The van der Waals surface area contributed by atoms with Crippen molar-refractivity contribution in [1.82, 2.24) is 35.9 Å². The van der Waals surface area contributed by atoms with E-state index in [0.29, 0.717) is 12.4 Å². The molecule has 2 aromatic heterocycles. The number of halogens is 6. The van der Waals surface area contributed by atoms with Gasteiger partial charge in [-0.1, -0.05) is 0 Å². The number of amides is 2. The van der Waals surface area contributed by atoms with Crippen molar-refractivity contribution in [2.75, 3.05) is 182 Å². The molecule has 2 aliphatic heterocycles. The Balaban J connectivity index is 0.892. The lowest BCUT2D eigenvalue weighted by Crippen LogP contribution is -2.57. The molecule has 8 atom stereocenters. The van der Waals surface area contributed by atoms with Crippen molar-refractivity contribution in [2.45, 2.75) is 86.9 Å². The molecule has 29 nitrogen and oxygen atoms in total. The summed E-state index contributed by atoms with van der Waals surface area (Å²) in [4.78, 5) is 50.5.